The Balaban J connectivity index is 2.04. The van der Waals surface area contributed by atoms with Gasteiger partial charge in [0.1, 0.15) is 5.52 Å². The van der Waals surface area contributed by atoms with E-state index in [9.17, 15) is 5.11 Å². The molecule has 19 heavy (non-hydrogen) atoms. The zero-order chi connectivity index (χ0) is 13.5. The van der Waals surface area contributed by atoms with Crippen LogP contribution in [0.5, 0.6) is 0 Å². The van der Waals surface area contributed by atoms with E-state index < -0.39 is 5.60 Å². The van der Waals surface area contributed by atoms with E-state index in [4.69, 9.17) is 5.73 Å². The van der Waals surface area contributed by atoms with Crippen molar-refractivity contribution < 1.29 is 5.11 Å². The van der Waals surface area contributed by atoms with E-state index in [2.05, 4.69) is 14.9 Å². The summed E-state index contributed by atoms with van der Waals surface area (Å²) in [4.78, 5) is 11.1. The second-order valence-electron chi connectivity index (χ2n) is 5.25. The highest BCUT2D eigenvalue weighted by Crippen LogP contribution is 2.30. The maximum atomic E-state index is 10.3. The van der Waals surface area contributed by atoms with Crippen LogP contribution in [-0.2, 0) is 0 Å². The summed E-state index contributed by atoms with van der Waals surface area (Å²) < 4.78 is 0. The van der Waals surface area contributed by atoms with Gasteiger partial charge in [-0.2, -0.15) is 0 Å². The van der Waals surface area contributed by atoms with Crippen molar-refractivity contribution in [1.29, 1.82) is 0 Å². The van der Waals surface area contributed by atoms with Crippen LogP contribution in [0.3, 0.4) is 0 Å². The van der Waals surface area contributed by atoms with E-state index in [-0.39, 0.29) is 0 Å². The average Bonchev–Trinajstić information content (AvgIpc) is 2.81. The maximum absolute atomic E-state index is 10.3. The largest absolute Gasteiger partial charge is 0.387 e. The normalized spacial score (nSPS) is 23.2. The minimum atomic E-state index is -0.778. The van der Waals surface area contributed by atoms with Crippen molar-refractivity contribution in [3.05, 3.63) is 30.1 Å². The third-order valence-corrected chi connectivity index (χ3v) is 3.75. The molecule has 3 rings (SSSR count). The van der Waals surface area contributed by atoms with Crippen LogP contribution in [0, 0.1) is 6.92 Å². The Hall–Kier alpha value is -1.72. The molecule has 0 unspecified atom stereocenters. The number of nitrogens with two attached hydrogens (primary N) is 1. The Morgan fingerprint density at radius 1 is 1.42 bits per heavy atom. The van der Waals surface area contributed by atoms with Crippen LogP contribution in [0.15, 0.2) is 24.4 Å². The van der Waals surface area contributed by atoms with Gasteiger partial charge >= 0.3 is 0 Å². The number of fused-ring (bicyclic) bond motifs is 1. The summed E-state index contributed by atoms with van der Waals surface area (Å²) in [5.74, 6) is 0. The molecule has 0 radical (unpaired) electrons. The highest BCUT2D eigenvalue weighted by atomic mass is 16.3. The van der Waals surface area contributed by atoms with E-state index in [1.165, 1.54) is 0 Å². The number of anilines is 1. The molecule has 1 aliphatic heterocycles. The molecule has 1 saturated heterocycles. The molecule has 5 nitrogen and oxygen atoms in total. The Labute approximate surface area is 112 Å². The SMILES string of the molecule is Cc1ccc2nccc(N3CC[C@@](O)(CN)C3)c2n1. The first-order chi connectivity index (χ1) is 9.11. The lowest BCUT2D eigenvalue weighted by molar-refractivity contribution is 0.0726. The van der Waals surface area contributed by atoms with Crippen LogP contribution in [0.4, 0.5) is 5.69 Å². The molecule has 1 aliphatic rings. The molecule has 100 valence electrons. The lowest BCUT2D eigenvalue weighted by atomic mass is 10.0. The summed E-state index contributed by atoms with van der Waals surface area (Å²) in [5.41, 5.74) is 8.63. The molecule has 1 atom stereocenters. The lowest BCUT2D eigenvalue weighted by Crippen LogP contribution is -2.40. The van der Waals surface area contributed by atoms with E-state index >= 15 is 0 Å². The summed E-state index contributed by atoms with van der Waals surface area (Å²) >= 11 is 0. The number of β-amino-alcohol motifs (C(OH)–C–C–N with tert-alkyl or cyclic N) is 1. The topological polar surface area (TPSA) is 75.3 Å². The molecule has 0 saturated carbocycles. The first kappa shape index (κ1) is 12.3. The van der Waals surface area contributed by atoms with Gasteiger partial charge in [-0.05, 0) is 31.5 Å². The van der Waals surface area contributed by atoms with Gasteiger partial charge in [0.2, 0.25) is 0 Å². The molecule has 0 spiro atoms. The Morgan fingerprint density at radius 2 is 2.26 bits per heavy atom. The van der Waals surface area contributed by atoms with Crippen molar-refractivity contribution in [2.24, 2.45) is 5.73 Å². The van der Waals surface area contributed by atoms with Crippen molar-refractivity contribution in [2.75, 3.05) is 24.5 Å². The van der Waals surface area contributed by atoms with Gasteiger partial charge in [0, 0.05) is 31.5 Å². The van der Waals surface area contributed by atoms with Crippen LogP contribution in [0.1, 0.15) is 12.1 Å². The number of hydrogen-bond acceptors (Lipinski definition) is 5. The summed E-state index contributed by atoms with van der Waals surface area (Å²) in [7, 11) is 0. The Kier molecular flexibility index (Phi) is 2.88. The smallest absolute Gasteiger partial charge is 0.112 e. The Morgan fingerprint density at radius 3 is 3.00 bits per heavy atom. The van der Waals surface area contributed by atoms with E-state index in [0.717, 1.165) is 29.0 Å². The van der Waals surface area contributed by atoms with Gasteiger partial charge in [-0.1, -0.05) is 0 Å². The zero-order valence-electron chi connectivity index (χ0n) is 11.0. The second kappa shape index (κ2) is 4.43. The van der Waals surface area contributed by atoms with Crippen LogP contribution < -0.4 is 10.6 Å². The number of hydrogen-bond donors (Lipinski definition) is 2. The standard InChI is InChI=1S/C14H18N4O/c1-10-2-3-11-13(17-10)12(4-6-16-11)18-7-5-14(19,8-15)9-18/h2-4,6,19H,5,7-9,15H2,1H3/t14-/m1/s1. The van der Waals surface area contributed by atoms with Crippen molar-refractivity contribution in [3.63, 3.8) is 0 Å². The van der Waals surface area contributed by atoms with Crippen molar-refractivity contribution in [3.8, 4) is 0 Å². The van der Waals surface area contributed by atoms with Gasteiger partial charge in [0.25, 0.3) is 0 Å². The molecular formula is C14H18N4O. The lowest BCUT2D eigenvalue weighted by Gasteiger charge is -2.23. The van der Waals surface area contributed by atoms with E-state index in [0.29, 0.717) is 19.5 Å². The van der Waals surface area contributed by atoms with Crippen molar-refractivity contribution in [2.45, 2.75) is 18.9 Å². The van der Waals surface area contributed by atoms with Crippen LogP contribution >= 0.6 is 0 Å². The second-order valence-corrected chi connectivity index (χ2v) is 5.25. The molecule has 2 aromatic rings. The maximum Gasteiger partial charge on any atom is 0.112 e. The quantitative estimate of drug-likeness (QED) is 0.835. The summed E-state index contributed by atoms with van der Waals surface area (Å²) in [6.07, 6.45) is 2.48. The van der Waals surface area contributed by atoms with Crippen LogP contribution in [0.25, 0.3) is 11.0 Å². The van der Waals surface area contributed by atoms with Gasteiger partial charge < -0.3 is 15.7 Å². The summed E-state index contributed by atoms with van der Waals surface area (Å²) in [5, 5.41) is 10.3. The molecule has 0 aliphatic carbocycles. The number of rotatable bonds is 2. The average molecular weight is 258 g/mol. The first-order valence-corrected chi connectivity index (χ1v) is 6.51. The number of aromatic nitrogens is 2. The van der Waals surface area contributed by atoms with Crippen molar-refractivity contribution >= 4 is 16.7 Å². The van der Waals surface area contributed by atoms with E-state index in [1.54, 1.807) is 6.20 Å². The van der Waals surface area contributed by atoms with Gasteiger partial charge in [-0.3, -0.25) is 4.98 Å². The van der Waals surface area contributed by atoms with Gasteiger partial charge in [-0.25, -0.2) is 4.98 Å². The molecule has 3 N–H and O–H groups in total. The minimum absolute atomic E-state index is 0.291. The fourth-order valence-corrected chi connectivity index (χ4v) is 2.59. The Bertz CT molecular complexity index is 615. The van der Waals surface area contributed by atoms with Crippen molar-refractivity contribution in [1.82, 2.24) is 9.97 Å². The number of pyridine rings is 2. The van der Waals surface area contributed by atoms with Gasteiger partial charge in [-0.15, -0.1) is 0 Å². The molecule has 0 aromatic carbocycles. The monoisotopic (exact) mass is 258 g/mol. The molecule has 2 aromatic heterocycles. The van der Waals surface area contributed by atoms with Gasteiger partial charge in [0.15, 0.2) is 0 Å². The predicted octanol–water partition coefficient (Wildman–Crippen LogP) is 0.838. The number of aryl methyl sites for hydroxylation is 1. The zero-order valence-corrected chi connectivity index (χ0v) is 11.0. The molecular weight excluding hydrogens is 240 g/mol. The molecule has 0 amide bonds. The fraction of sp³-hybridized carbons (Fsp3) is 0.429. The van der Waals surface area contributed by atoms with E-state index in [1.807, 2.05) is 25.1 Å². The molecule has 1 fully saturated rings. The minimum Gasteiger partial charge on any atom is -0.387 e. The molecule has 3 heterocycles. The predicted molar refractivity (Wildman–Crippen MR) is 75.1 cm³/mol. The summed E-state index contributed by atoms with van der Waals surface area (Å²) in [6, 6.07) is 5.89. The van der Waals surface area contributed by atoms with Gasteiger partial charge in [0.05, 0.1) is 16.8 Å². The van der Waals surface area contributed by atoms with Crippen LogP contribution in [0.2, 0.25) is 0 Å². The third kappa shape index (κ3) is 2.15. The summed E-state index contributed by atoms with van der Waals surface area (Å²) in [6.45, 7) is 3.61. The highest BCUT2D eigenvalue weighted by Gasteiger charge is 2.35. The van der Waals surface area contributed by atoms with Crippen LogP contribution in [-0.4, -0.2) is 40.3 Å². The highest BCUT2D eigenvalue weighted by molar-refractivity contribution is 5.88. The third-order valence-electron chi connectivity index (χ3n) is 3.75. The number of aliphatic hydroxyl groups is 1. The molecule has 5 heteroatoms. The number of nitrogens with zero attached hydrogens (tertiary/aromatic N) is 3. The first-order valence-electron chi connectivity index (χ1n) is 6.51. The fourth-order valence-electron chi connectivity index (χ4n) is 2.59. The molecule has 0 bridgehead atoms.